The van der Waals surface area contributed by atoms with Gasteiger partial charge in [-0.1, -0.05) is 18.2 Å². The molecule has 1 aliphatic rings. The van der Waals surface area contributed by atoms with Crippen LogP contribution in [0.2, 0.25) is 0 Å². The molecule has 0 spiro atoms. The van der Waals surface area contributed by atoms with Crippen LogP contribution >= 0.6 is 0 Å². The zero-order valence-corrected chi connectivity index (χ0v) is 17.4. The van der Waals surface area contributed by atoms with Crippen molar-refractivity contribution in [3.05, 3.63) is 63.7 Å². The highest BCUT2D eigenvalue weighted by Crippen LogP contribution is 2.25. The molecule has 1 fully saturated rings. The van der Waals surface area contributed by atoms with E-state index in [2.05, 4.69) is 0 Å². The summed E-state index contributed by atoms with van der Waals surface area (Å²) in [6, 6.07) is 8.00. The predicted octanol–water partition coefficient (Wildman–Crippen LogP) is 3.18. The number of likely N-dealkylation sites (tertiary alicyclic amines) is 1. The summed E-state index contributed by atoms with van der Waals surface area (Å²) in [4.78, 5) is 27.8. The number of rotatable bonds is 3. The molecule has 0 saturated carbocycles. The molecule has 3 heterocycles. The number of aromatic nitrogens is 2. The van der Waals surface area contributed by atoms with E-state index >= 15 is 0 Å². The lowest BCUT2D eigenvalue weighted by Gasteiger charge is -2.32. The minimum absolute atomic E-state index is 0.0763. The number of nitrogens with zero attached hydrogens (tertiary/aromatic N) is 3. The van der Waals surface area contributed by atoms with Crippen molar-refractivity contribution in [2.24, 2.45) is 14.1 Å². The number of fused-ring (bicyclic) bond motifs is 1. The monoisotopic (exact) mass is 393 g/mol. The van der Waals surface area contributed by atoms with E-state index in [1.54, 1.807) is 17.8 Å². The number of carbonyl (C=O) groups is 1. The van der Waals surface area contributed by atoms with E-state index in [-0.39, 0.29) is 17.6 Å². The Labute approximate surface area is 170 Å². The van der Waals surface area contributed by atoms with Gasteiger partial charge in [-0.2, -0.15) is 0 Å². The van der Waals surface area contributed by atoms with Gasteiger partial charge >= 0.3 is 0 Å². The van der Waals surface area contributed by atoms with E-state index < -0.39 is 0 Å². The maximum absolute atomic E-state index is 13.2. The van der Waals surface area contributed by atoms with E-state index in [0.29, 0.717) is 24.0 Å². The van der Waals surface area contributed by atoms with Crippen LogP contribution in [0.3, 0.4) is 0 Å². The molecule has 1 amide bonds. The predicted molar refractivity (Wildman–Crippen MR) is 114 cm³/mol. The molecule has 0 radical (unpaired) electrons. The van der Waals surface area contributed by atoms with Crippen LogP contribution in [0.15, 0.2) is 41.5 Å². The number of para-hydroxylation sites is 1. The Hall–Kier alpha value is -3.02. The summed E-state index contributed by atoms with van der Waals surface area (Å²) in [5.41, 5.74) is 3.29. The van der Waals surface area contributed by atoms with Crippen molar-refractivity contribution in [3.8, 4) is 5.75 Å². The Morgan fingerprint density at radius 2 is 1.69 bits per heavy atom. The molecule has 152 valence electrons. The number of ether oxygens (including phenoxy) is 1. The van der Waals surface area contributed by atoms with Gasteiger partial charge in [0.05, 0.1) is 16.5 Å². The van der Waals surface area contributed by atoms with Gasteiger partial charge in [0.15, 0.2) is 0 Å². The first-order valence-corrected chi connectivity index (χ1v) is 10.0. The molecule has 0 bridgehead atoms. The van der Waals surface area contributed by atoms with Gasteiger partial charge in [0, 0.05) is 52.4 Å². The summed E-state index contributed by atoms with van der Waals surface area (Å²) in [5.74, 6) is 0.831. The largest absolute Gasteiger partial charge is 0.490 e. The second kappa shape index (κ2) is 7.43. The van der Waals surface area contributed by atoms with Crippen LogP contribution in [0, 0.1) is 13.8 Å². The lowest BCUT2D eigenvalue weighted by molar-refractivity contribution is 0.0596. The highest BCUT2D eigenvalue weighted by atomic mass is 16.5. The fourth-order valence-corrected chi connectivity index (χ4v) is 4.28. The first-order chi connectivity index (χ1) is 13.9. The van der Waals surface area contributed by atoms with Crippen molar-refractivity contribution in [1.82, 2.24) is 14.0 Å². The molecular weight excluding hydrogens is 366 g/mol. The average Bonchev–Trinajstić information content (AvgIpc) is 3.06. The number of piperidine rings is 1. The van der Waals surface area contributed by atoms with E-state index in [9.17, 15) is 9.59 Å². The first kappa shape index (κ1) is 19.3. The van der Waals surface area contributed by atoms with Gasteiger partial charge in [-0.05, 0) is 31.0 Å². The number of hydrogen-bond acceptors (Lipinski definition) is 3. The summed E-state index contributed by atoms with van der Waals surface area (Å²) in [6.45, 7) is 5.25. The number of pyridine rings is 1. The zero-order chi connectivity index (χ0) is 20.7. The topological polar surface area (TPSA) is 56.5 Å². The van der Waals surface area contributed by atoms with Crippen molar-refractivity contribution in [1.29, 1.82) is 0 Å². The van der Waals surface area contributed by atoms with Crippen LogP contribution in [0.25, 0.3) is 10.9 Å². The highest BCUT2D eigenvalue weighted by molar-refractivity contribution is 6.07. The second-order valence-corrected chi connectivity index (χ2v) is 7.98. The van der Waals surface area contributed by atoms with Crippen LogP contribution in [-0.4, -0.2) is 39.1 Å². The summed E-state index contributed by atoms with van der Waals surface area (Å²) in [6.07, 6.45) is 5.26. The third-order valence-corrected chi connectivity index (χ3v) is 5.82. The van der Waals surface area contributed by atoms with Crippen molar-refractivity contribution in [2.45, 2.75) is 32.8 Å². The lowest BCUT2D eigenvalue weighted by Crippen LogP contribution is -2.42. The summed E-state index contributed by atoms with van der Waals surface area (Å²) < 4.78 is 9.58. The minimum atomic E-state index is -0.132. The smallest absolute Gasteiger partial charge is 0.260 e. The molecule has 1 aromatic carbocycles. The first-order valence-electron chi connectivity index (χ1n) is 10.0. The molecule has 0 atom stereocenters. The molecule has 2 aromatic heterocycles. The number of benzene rings is 1. The van der Waals surface area contributed by atoms with Crippen LogP contribution in [-0.2, 0) is 14.1 Å². The minimum Gasteiger partial charge on any atom is -0.490 e. The number of amides is 1. The molecule has 4 rings (SSSR count). The van der Waals surface area contributed by atoms with Gasteiger partial charge in [-0.25, -0.2) is 0 Å². The Bertz CT molecular complexity index is 1130. The van der Waals surface area contributed by atoms with Gasteiger partial charge in [0.25, 0.3) is 11.5 Å². The highest BCUT2D eigenvalue weighted by Gasteiger charge is 2.28. The Balaban J connectivity index is 1.54. The van der Waals surface area contributed by atoms with Gasteiger partial charge in [0.1, 0.15) is 11.9 Å². The van der Waals surface area contributed by atoms with Crippen molar-refractivity contribution < 1.29 is 9.53 Å². The van der Waals surface area contributed by atoms with Crippen LogP contribution < -0.4 is 10.3 Å². The molecule has 0 unspecified atom stereocenters. The summed E-state index contributed by atoms with van der Waals surface area (Å²) in [7, 11) is 3.61. The Kier molecular flexibility index (Phi) is 4.94. The van der Waals surface area contributed by atoms with Gasteiger partial charge in [-0.3, -0.25) is 9.59 Å². The Morgan fingerprint density at radius 1 is 1.00 bits per heavy atom. The third kappa shape index (κ3) is 3.43. The standard InChI is InChI=1S/C23H27N3O3/c1-15-7-5-6-8-19(15)29-17-9-11-26(12-10-17)22(27)18-14-24(3)21-16(2)13-25(4)23(28)20(18)21/h5-8,13-14,17H,9-12H2,1-4H3. The molecule has 6 nitrogen and oxygen atoms in total. The van der Waals surface area contributed by atoms with Crippen molar-refractivity contribution in [2.75, 3.05) is 13.1 Å². The number of hydrogen-bond donors (Lipinski definition) is 0. The van der Waals surface area contributed by atoms with E-state index in [1.807, 2.05) is 60.8 Å². The van der Waals surface area contributed by atoms with Gasteiger partial charge < -0.3 is 18.8 Å². The fraction of sp³-hybridized carbons (Fsp3) is 0.391. The van der Waals surface area contributed by atoms with Crippen LogP contribution in [0.1, 0.15) is 34.3 Å². The molecule has 29 heavy (non-hydrogen) atoms. The zero-order valence-electron chi connectivity index (χ0n) is 17.4. The van der Waals surface area contributed by atoms with E-state index in [0.717, 1.165) is 35.2 Å². The maximum atomic E-state index is 13.2. The lowest BCUT2D eigenvalue weighted by atomic mass is 10.1. The van der Waals surface area contributed by atoms with Gasteiger partial charge in [0.2, 0.25) is 0 Å². The molecule has 1 saturated heterocycles. The average molecular weight is 393 g/mol. The van der Waals surface area contributed by atoms with E-state index in [1.165, 1.54) is 0 Å². The normalized spacial score (nSPS) is 15.1. The molecule has 3 aromatic rings. The van der Waals surface area contributed by atoms with Crippen LogP contribution in [0.5, 0.6) is 5.75 Å². The summed E-state index contributed by atoms with van der Waals surface area (Å²) in [5, 5.41) is 0.512. The molecule has 0 N–H and O–H groups in total. The number of carbonyl (C=O) groups excluding carboxylic acids is 1. The SMILES string of the molecule is Cc1ccccc1OC1CCN(C(=O)c2cn(C)c3c(C)cn(C)c(=O)c23)CC1. The quantitative estimate of drug-likeness (QED) is 0.687. The molecule has 6 heteroatoms. The maximum Gasteiger partial charge on any atom is 0.260 e. The number of aryl methyl sites for hydroxylation is 4. The molecular formula is C23H27N3O3. The fourth-order valence-electron chi connectivity index (χ4n) is 4.28. The Morgan fingerprint density at radius 3 is 2.38 bits per heavy atom. The van der Waals surface area contributed by atoms with Crippen LogP contribution in [0.4, 0.5) is 0 Å². The van der Waals surface area contributed by atoms with Crippen molar-refractivity contribution in [3.63, 3.8) is 0 Å². The van der Waals surface area contributed by atoms with E-state index in [4.69, 9.17) is 4.74 Å². The summed E-state index contributed by atoms with van der Waals surface area (Å²) >= 11 is 0. The van der Waals surface area contributed by atoms with Gasteiger partial charge in [-0.15, -0.1) is 0 Å². The molecule has 1 aliphatic heterocycles. The molecule has 0 aliphatic carbocycles. The third-order valence-electron chi connectivity index (χ3n) is 5.82. The second-order valence-electron chi connectivity index (χ2n) is 7.98. The van der Waals surface area contributed by atoms with Crippen molar-refractivity contribution >= 4 is 16.8 Å².